The van der Waals surface area contributed by atoms with Gasteiger partial charge in [-0.05, 0) is 67.3 Å². The molecule has 0 saturated carbocycles. The second-order valence-electron chi connectivity index (χ2n) is 7.82. The number of para-hydroxylation sites is 1. The number of nitrogens with zero attached hydrogens (tertiary/aromatic N) is 1. The number of rotatable bonds is 6. The predicted molar refractivity (Wildman–Crippen MR) is 125 cm³/mol. The van der Waals surface area contributed by atoms with Gasteiger partial charge < -0.3 is 10.1 Å². The number of nitrogens with one attached hydrogen (secondary N) is 1. The second-order valence-corrected chi connectivity index (χ2v) is 8.80. The molecule has 160 valence electrons. The van der Waals surface area contributed by atoms with Crippen molar-refractivity contribution in [1.82, 2.24) is 10.3 Å². The minimum atomic E-state index is -0.466. The number of aromatic nitrogens is 1. The van der Waals surface area contributed by atoms with Crippen LogP contribution in [0.5, 0.6) is 0 Å². The number of ether oxygens (including phenoxy) is 1. The summed E-state index contributed by atoms with van der Waals surface area (Å²) in [6.07, 6.45) is 5.61. The molecule has 0 aliphatic heterocycles. The Morgan fingerprint density at radius 1 is 1.23 bits per heavy atom. The number of fused-ring (bicyclic) bond motifs is 2. The molecule has 5 nitrogen and oxygen atoms in total. The molecule has 2 aromatic heterocycles. The van der Waals surface area contributed by atoms with Crippen LogP contribution in [0, 0.1) is 0 Å². The first-order chi connectivity index (χ1) is 15.1. The van der Waals surface area contributed by atoms with Crippen LogP contribution in [0.4, 0.5) is 0 Å². The number of thiophene rings is 1. The number of carbonyl (C=O) groups is 2. The Balaban J connectivity index is 1.71. The normalized spacial score (nSPS) is 15.5. The molecule has 31 heavy (non-hydrogen) atoms. The summed E-state index contributed by atoms with van der Waals surface area (Å²) in [5, 5.41) is 5.65. The first-order valence-corrected chi connectivity index (χ1v) is 11.6. The summed E-state index contributed by atoms with van der Waals surface area (Å²) in [6, 6.07) is 11.8. The van der Waals surface area contributed by atoms with E-state index in [0.717, 1.165) is 53.4 Å². The number of hydrogen-bond donors (Lipinski definition) is 1. The maximum Gasteiger partial charge on any atom is 0.339 e. The zero-order valence-electron chi connectivity index (χ0n) is 17.8. The van der Waals surface area contributed by atoms with Gasteiger partial charge in [-0.15, -0.1) is 11.3 Å². The molecular formula is C25H26N2O3S. The number of amides is 1. The first kappa shape index (κ1) is 21.2. The van der Waals surface area contributed by atoms with E-state index in [-0.39, 0.29) is 18.6 Å². The summed E-state index contributed by atoms with van der Waals surface area (Å²) >= 11 is 1.68. The number of benzene rings is 1. The predicted octanol–water partition coefficient (Wildman–Crippen LogP) is 5.24. The van der Waals surface area contributed by atoms with Crippen LogP contribution in [0.25, 0.3) is 22.6 Å². The summed E-state index contributed by atoms with van der Waals surface area (Å²) in [4.78, 5) is 31.4. The highest BCUT2D eigenvalue weighted by atomic mass is 32.1. The average Bonchev–Trinajstić information content (AvgIpc) is 3.29. The van der Waals surface area contributed by atoms with E-state index in [1.165, 1.54) is 4.88 Å². The molecule has 1 amide bonds. The van der Waals surface area contributed by atoms with E-state index in [4.69, 9.17) is 9.72 Å². The summed E-state index contributed by atoms with van der Waals surface area (Å²) in [7, 11) is 0. The fourth-order valence-electron chi connectivity index (χ4n) is 3.88. The minimum absolute atomic E-state index is 0.0469. The van der Waals surface area contributed by atoms with Crippen molar-refractivity contribution in [3.8, 4) is 0 Å². The van der Waals surface area contributed by atoms with Gasteiger partial charge in [0.05, 0.1) is 16.8 Å². The van der Waals surface area contributed by atoms with Crippen LogP contribution in [0.1, 0.15) is 59.6 Å². The van der Waals surface area contributed by atoms with Gasteiger partial charge in [0.25, 0.3) is 5.91 Å². The highest BCUT2D eigenvalue weighted by Crippen LogP contribution is 2.36. The Labute approximate surface area is 186 Å². The van der Waals surface area contributed by atoms with Gasteiger partial charge in [0.15, 0.2) is 6.61 Å². The van der Waals surface area contributed by atoms with E-state index in [1.54, 1.807) is 11.3 Å². The van der Waals surface area contributed by atoms with Gasteiger partial charge in [0.2, 0.25) is 0 Å². The molecule has 1 N–H and O–H groups in total. The quantitative estimate of drug-likeness (QED) is 0.539. The highest BCUT2D eigenvalue weighted by molar-refractivity contribution is 7.10. The summed E-state index contributed by atoms with van der Waals surface area (Å²) < 4.78 is 5.45. The van der Waals surface area contributed by atoms with Crippen LogP contribution < -0.4 is 5.32 Å². The van der Waals surface area contributed by atoms with E-state index in [0.29, 0.717) is 5.56 Å². The van der Waals surface area contributed by atoms with Crippen molar-refractivity contribution < 1.29 is 14.3 Å². The number of allylic oxidation sites excluding steroid dienone is 1. The lowest BCUT2D eigenvalue weighted by Crippen LogP contribution is -2.35. The molecule has 1 aliphatic rings. The molecule has 4 rings (SSSR count). The number of hydrogen-bond acceptors (Lipinski definition) is 5. The first-order valence-electron chi connectivity index (χ1n) is 10.7. The molecule has 1 atom stereocenters. The monoisotopic (exact) mass is 434 g/mol. The fourth-order valence-corrected chi connectivity index (χ4v) is 4.56. The Morgan fingerprint density at radius 2 is 2.06 bits per heavy atom. The Kier molecular flexibility index (Phi) is 6.47. The molecule has 0 saturated heterocycles. The highest BCUT2D eigenvalue weighted by Gasteiger charge is 2.26. The van der Waals surface area contributed by atoms with Gasteiger partial charge in [-0.3, -0.25) is 4.79 Å². The van der Waals surface area contributed by atoms with E-state index >= 15 is 0 Å². The van der Waals surface area contributed by atoms with Gasteiger partial charge in [-0.2, -0.15) is 0 Å². The Bertz CT molecular complexity index is 1140. The number of esters is 1. The third-order valence-corrected chi connectivity index (χ3v) is 6.41. The molecule has 0 fully saturated rings. The van der Waals surface area contributed by atoms with Crippen LogP contribution in [-0.2, 0) is 16.0 Å². The van der Waals surface area contributed by atoms with Crippen molar-refractivity contribution in [2.75, 3.05) is 6.61 Å². The molecule has 0 radical (unpaired) electrons. The van der Waals surface area contributed by atoms with Crippen molar-refractivity contribution in [2.24, 2.45) is 0 Å². The average molecular weight is 435 g/mol. The number of pyridine rings is 1. The fraction of sp³-hybridized carbons (Fsp3) is 0.320. The smallest absolute Gasteiger partial charge is 0.339 e. The molecule has 1 aromatic carbocycles. The third kappa shape index (κ3) is 4.69. The van der Waals surface area contributed by atoms with Crippen LogP contribution in [0.15, 0.2) is 41.8 Å². The zero-order valence-corrected chi connectivity index (χ0v) is 18.6. The lowest BCUT2D eigenvalue weighted by Gasteiger charge is -2.22. The lowest BCUT2D eigenvalue weighted by molar-refractivity contribution is -0.124. The number of carbonyl (C=O) groups excluding carboxylic acids is 2. The Morgan fingerprint density at radius 3 is 2.84 bits per heavy atom. The van der Waals surface area contributed by atoms with E-state index in [9.17, 15) is 9.59 Å². The van der Waals surface area contributed by atoms with Crippen molar-refractivity contribution in [3.05, 3.63) is 63.5 Å². The van der Waals surface area contributed by atoms with Gasteiger partial charge in [0.1, 0.15) is 0 Å². The minimum Gasteiger partial charge on any atom is -0.452 e. The maximum atomic E-state index is 13.2. The third-order valence-electron chi connectivity index (χ3n) is 5.59. The van der Waals surface area contributed by atoms with E-state index in [2.05, 4.69) is 22.8 Å². The van der Waals surface area contributed by atoms with Crippen LogP contribution in [-0.4, -0.2) is 29.5 Å². The zero-order chi connectivity index (χ0) is 21.8. The standard InChI is InChI=1S/C25H26N2O3S/c1-3-16(2)26-22(28)15-30-25(29)23-19-10-4-5-12-21(19)27-24-17(8-6-11-20(23)24)14-18-9-7-13-31-18/h4-5,7,9-10,12-14,16H,3,6,8,11,15H2,1-2H3,(H,26,28)/b17-14+/t16-/m1/s1. The van der Waals surface area contributed by atoms with Crippen LogP contribution in [0.2, 0.25) is 0 Å². The summed E-state index contributed by atoms with van der Waals surface area (Å²) in [6.45, 7) is 3.63. The van der Waals surface area contributed by atoms with Crippen molar-refractivity contribution >= 4 is 45.8 Å². The van der Waals surface area contributed by atoms with Crippen molar-refractivity contribution in [2.45, 2.75) is 45.6 Å². The summed E-state index contributed by atoms with van der Waals surface area (Å²) in [5.74, 6) is -0.750. The second kappa shape index (κ2) is 9.43. The molecule has 0 spiro atoms. The van der Waals surface area contributed by atoms with Crippen molar-refractivity contribution in [3.63, 3.8) is 0 Å². The molecule has 0 bridgehead atoms. The molecule has 1 aliphatic carbocycles. The van der Waals surface area contributed by atoms with Gasteiger partial charge in [-0.1, -0.05) is 31.2 Å². The van der Waals surface area contributed by atoms with Gasteiger partial charge in [-0.25, -0.2) is 9.78 Å². The largest absolute Gasteiger partial charge is 0.452 e. The van der Waals surface area contributed by atoms with Crippen LogP contribution >= 0.6 is 11.3 Å². The van der Waals surface area contributed by atoms with Crippen LogP contribution in [0.3, 0.4) is 0 Å². The summed E-state index contributed by atoms with van der Waals surface area (Å²) in [5.41, 5.74) is 4.22. The lowest BCUT2D eigenvalue weighted by atomic mass is 9.86. The maximum absolute atomic E-state index is 13.2. The van der Waals surface area contributed by atoms with Crippen molar-refractivity contribution in [1.29, 1.82) is 0 Å². The molecule has 3 aromatic rings. The Hall–Kier alpha value is -2.99. The van der Waals surface area contributed by atoms with Gasteiger partial charge >= 0.3 is 5.97 Å². The molecule has 0 unspecified atom stereocenters. The topological polar surface area (TPSA) is 68.3 Å². The molecule has 6 heteroatoms. The van der Waals surface area contributed by atoms with E-state index in [1.807, 2.05) is 44.2 Å². The molecule has 2 heterocycles. The van der Waals surface area contributed by atoms with E-state index < -0.39 is 5.97 Å². The SMILES string of the molecule is CC[C@@H](C)NC(=O)COC(=O)c1c2c(nc3ccccc13)/C(=C/c1cccs1)CCC2. The molecular weight excluding hydrogens is 408 g/mol. The van der Waals surface area contributed by atoms with Gasteiger partial charge in [0, 0.05) is 16.3 Å².